The highest BCUT2D eigenvalue weighted by Crippen LogP contribution is 2.26. The highest BCUT2D eigenvalue weighted by Gasteiger charge is 2.22. The van der Waals surface area contributed by atoms with Gasteiger partial charge in [0, 0.05) is 16.8 Å². The molecule has 116 valence electrons. The Bertz CT molecular complexity index is 652. The molecule has 22 heavy (non-hydrogen) atoms. The molecule has 1 amide bonds. The smallest absolute Gasteiger partial charge is 0.229 e. The number of halogens is 1. The Morgan fingerprint density at radius 3 is 2.86 bits per heavy atom. The van der Waals surface area contributed by atoms with Gasteiger partial charge in [0.2, 0.25) is 11.0 Å². The molecule has 0 spiro atoms. The van der Waals surface area contributed by atoms with E-state index in [9.17, 15) is 4.79 Å². The van der Waals surface area contributed by atoms with Gasteiger partial charge in [0.15, 0.2) is 0 Å². The van der Waals surface area contributed by atoms with E-state index in [2.05, 4.69) is 43.6 Å². The Morgan fingerprint density at radius 2 is 2.09 bits per heavy atom. The van der Waals surface area contributed by atoms with Crippen LogP contribution >= 0.6 is 27.3 Å². The lowest BCUT2D eigenvalue weighted by atomic mass is 9.89. The summed E-state index contributed by atoms with van der Waals surface area (Å²) in [5.74, 6) is 0.246. The number of nitrogens with one attached hydrogen (secondary N) is 1. The predicted molar refractivity (Wildman–Crippen MR) is 92.1 cm³/mol. The third kappa shape index (κ3) is 4.14. The number of hydrogen-bond donors (Lipinski definition) is 1. The summed E-state index contributed by atoms with van der Waals surface area (Å²) in [6.07, 6.45) is 6.28. The first-order valence-corrected chi connectivity index (χ1v) is 9.19. The molecule has 1 aromatic heterocycles. The second kappa shape index (κ2) is 7.33. The Balaban J connectivity index is 1.60. The molecular weight excluding hydrogens is 362 g/mol. The fourth-order valence-corrected chi connectivity index (χ4v) is 3.99. The van der Waals surface area contributed by atoms with Crippen LogP contribution in [0.5, 0.6) is 0 Å². The van der Waals surface area contributed by atoms with Crippen LogP contribution in [0, 0.1) is 5.92 Å². The molecule has 6 heteroatoms. The van der Waals surface area contributed by atoms with E-state index in [1.54, 1.807) is 0 Å². The number of carbonyl (C=O) groups excluding carboxylic acids is 1. The van der Waals surface area contributed by atoms with Crippen LogP contribution in [0.2, 0.25) is 0 Å². The van der Waals surface area contributed by atoms with Gasteiger partial charge in [0.05, 0.1) is 0 Å². The SMILES string of the molecule is O=C(Nc1nnc(Cc2cccc(Br)c2)s1)C1CCCCC1. The summed E-state index contributed by atoms with van der Waals surface area (Å²) in [5, 5.41) is 12.7. The van der Waals surface area contributed by atoms with E-state index in [0.29, 0.717) is 5.13 Å². The largest absolute Gasteiger partial charge is 0.300 e. The number of anilines is 1. The fourth-order valence-electron chi connectivity index (χ4n) is 2.77. The summed E-state index contributed by atoms with van der Waals surface area (Å²) in [6.45, 7) is 0. The maximum atomic E-state index is 12.2. The second-order valence-electron chi connectivity index (χ2n) is 5.63. The minimum Gasteiger partial charge on any atom is -0.300 e. The normalized spacial score (nSPS) is 15.7. The van der Waals surface area contributed by atoms with Gasteiger partial charge in [0.1, 0.15) is 5.01 Å². The van der Waals surface area contributed by atoms with Crippen molar-refractivity contribution in [3.05, 3.63) is 39.3 Å². The average Bonchev–Trinajstić information content (AvgIpc) is 2.95. The van der Waals surface area contributed by atoms with Gasteiger partial charge in [-0.25, -0.2) is 0 Å². The van der Waals surface area contributed by atoms with Crippen molar-refractivity contribution in [2.24, 2.45) is 5.92 Å². The summed E-state index contributed by atoms with van der Waals surface area (Å²) in [7, 11) is 0. The van der Waals surface area contributed by atoms with Crippen molar-refractivity contribution in [2.75, 3.05) is 5.32 Å². The fraction of sp³-hybridized carbons (Fsp3) is 0.438. The molecule has 0 saturated heterocycles. The minimum absolute atomic E-state index is 0.102. The van der Waals surface area contributed by atoms with Gasteiger partial charge >= 0.3 is 0 Å². The quantitative estimate of drug-likeness (QED) is 0.855. The Kier molecular flexibility index (Phi) is 5.20. The van der Waals surface area contributed by atoms with Crippen LogP contribution in [0.4, 0.5) is 5.13 Å². The van der Waals surface area contributed by atoms with Crippen molar-refractivity contribution in [1.29, 1.82) is 0 Å². The zero-order valence-corrected chi connectivity index (χ0v) is 14.6. The molecule has 4 nitrogen and oxygen atoms in total. The van der Waals surface area contributed by atoms with Gasteiger partial charge in [-0.15, -0.1) is 10.2 Å². The molecule has 1 fully saturated rings. The molecule has 1 saturated carbocycles. The molecule has 1 heterocycles. The van der Waals surface area contributed by atoms with Crippen molar-refractivity contribution < 1.29 is 4.79 Å². The topological polar surface area (TPSA) is 54.9 Å². The number of nitrogens with zero attached hydrogens (tertiary/aromatic N) is 2. The summed E-state index contributed by atoms with van der Waals surface area (Å²) < 4.78 is 1.06. The highest BCUT2D eigenvalue weighted by atomic mass is 79.9. The van der Waals surface area contributed by atoms with E-state index in [4.69, 9.17) is 0 Å². The van der Waals surface area contributed by atoms with Crippen molar-refractivity contribution in [2.45, 2.75) is 38.5 Å². The Labute approximate surface area is 142 Å². The van der Waals surface area contributed by atoms with E-state index in [-0.39, 0.29) is 11.8 Å². The van der Waals surface area contributed by atoms with E-state index in [1.165, 1.54) is 23.3 Å². The average molecular weight is 380 g/mol. The van der Waals surface area contributed by atoms with Crippen molar-refractivity contribution >= 4 is 38.3 Å². The van der Waals surface area contributed by atoms with Crippen molar-refractivity contribution in [1.82, 2.24) is 10.2 Å². The molecule has 2 aromatic rings. The van der Waals surface area contributed by atoms with E-state index in [0.717, 1.165) is 41.6 Å². The van der Waals surface area contributed by atoms with Gasteiger partial charge in [-0.3, -0.25) is 4.79 Å². The Morgan fingerprint density at radius 1 is 1.27 bits per heavy atom. The third-order valence-electron chi connectivity index (χ3n) is 3.92. The zero-order valence-electron chi connectivity index (χ0n) is 12.2. The lowest BCUT2D eigenvalue weighted by Crippen LogP contribution is -2.24. The monoisotopic (exact) mass is 379 g/mol. The van der Waals surface area contributed by atoms with Crippen LogP contribution in [0.1, 0.15) is 42.7 Å². The standard InChI is InChI=1S/C16H18BrN3OS/c17-13-8-4-5-11(9-13)10-14-19-20-16(22-14)18-15(21)12-6-2-1-3-7-12/h4-5,8-9,12H,1-3,6-7,10H2,(H,18,20,21). The number of benzene rings is 1. The lowest BCUT2D eigenvalue weighted by molar-refractivity contribution is -0.120. The Hall–Kier alpha value is -1.27. The maximum Gasteiger partial charge on any atom is 0.229 e. The van der Waals surface area contributed by atoms with Gasteiger partial charge in [-0.2, -0.15) is 0 Å². The molecule has 0 unspecified atom stereocenters. The van der Waals surface area contributed by atoms with Crippen LogP contribution in [0.3, 0.4) is 0 Å². The highest BCUT2D eigenvalue weighted by molar-refractivity contribution is 9.10. The van der Waals surface area contributed by atoms with Crippen molar-refractivity contribution in [3.63, 3.8) is 0 Å². The lowest BCUT2D eigenvalue weighted by Gasteiger charge is -2.19. The van der Waals surface area contributed by atoms with Gasteiger partial charge < -0.3 is 5.32 Å². The van der Waals surface area contributed by atoms with Crippen LogP contribution in [0.25, 0.3) is 0 Å². The first-order valence-electron chi connectivity index (χ1n) is 7.58. The summed E-state index contributed by atoms with van der Waals surface area (Å²) >= 11 is 4.92. The van der Waals surface area contributed by atoms with E-state index in [1.807, 2.05) is 12.1 Å². The molecule has 3 rings (SSSR count). The number of rotatable bonds is 4. The molecule has 0 bridgehead atoms. The number of carbonyl (C=O) groups is 1. The van der Waals surface area contributed by atoms with Crippen LogP contribution < -0.4 is 5.32 Å². The van der Waals surface area contributed by atoms with E-state index >= 15 is 0 Å². The molecular formula is C16H18BrN3OS. The first-order chi connectivity index (χ1) is 10.7. The minimum atomic E-state index is 0.102. The van der Waals surface area contributed by atoms with Crippen molar-refractivity contribution in [3.8, 4) is 0 Å². The summed E-state index contributed by atoms with van der Waals surface area (Å²) in [6, 6.07) is 8.14. The predicted octanol–water partition coefficient (Wildman–Crippen LogP) is 4.41. The molecule has 1 aromatic carbocycles. The molecule has 1 aliphatic carbocycles. The van der Waals surface area contributed by atoms with Gasteiger partial charge in [-0.05, 0) is 30.5 Å². The first kappa shape index (κ1) is 15.6. The molecule has 1 N–H and O–H groups in total. The third-order valence-corrected chi connectivity index (χ3v) is 5.25. The van der Waals surface area contributed by atoms with Crippen LogP contribution in [0.15, 0.2) is 28.7 Å². The van der Waals surface area contributed by atoms with E-state index < -0.39 is 0 Å². The second-order valence-corrected chi connectivity index (χ2v) is 7.61. The molecule has 0 aliphatic heterocycles. The van der Waals surface area contributed by atoms with Gasteiger partial charge in [0.25, 0.3) is 0 Å². The zero-order chi connectivity index (χ0) is 15.4. The molecule has 0 atom stereocenters. The number of amides is 1. The molecule has 1 aliphatic rings. The number of aromatic nitrogens is 2. The van der Waals surface area contributed by atoms with Crippen LogP contribution in [-0.4, -0.2) is 16.1 Å². The maximum absolute atomic E-state index is 12.2. The number of hydrogen-bond acceptors (Lipinski definition) is 4. The van der Waals surface area contributed by atoms with Crippen LogP contribution in [-0.2, 0) is 11.2 Å². The summed E-state index contributed by atoms with van der Waals surface area (Å²) in [4.78, 5) is 12.2. The summed E-state index contributed by atoms with van der Waals surface area (Å²) in [5.41, 5.74) is 1.18. The van der Waals surface area contributed by atoms with Gasteiger partial charge in [-0.1, -0.05) is 58.7 Å². The molecule has 0 radical (unpaired) electrons.